The standard InChI is InChI=1S/C16H28N2O2/c1-6-12-14(19)17-13(16(3,4)5)15(20)18(12)10(2)11-8-7-9-11/h10-13H,6-9H2,1-5H3,(H,17,19). The summed E-state index contributed by atoms with van der Waals surface area (Å²) in [7, 11) is 0. The van der Waals surface area contributed by atoms with Gasteiger partial charge in [-0.25, -0.2) is 0 Å². The smallest absolute Gasteiger partial charge is 0.246 e. The second-order valence-electron chi connectivity index (χ2n) is 7.41. The zero-order chi connectivity index (χ0) is 15.1. The Morgan fingerprint density at radius 1 is 1.30 bits per heavy atom. The molecule has 3 unspecified atom stereocenters. The van der Waals surface area contributed by atoms with Crippen molar-refractivity contribution < 1.29 is 9.59 Å². The van der Waals surface area contributed by atoms with Gasteiger partial charge < -0.3 is 10.2 Å². The van der Waals surface area contributed by atoms with Crippen molar-refractivity contribution >= 4 is 11.8 Å². The topological polar surface area (TPSA) is 49.4 Å². The van der Waals surface area contributed by atoms with Crippen LogP contribution in [0, 0.1) is 11.3 Å². The lowest BCUT2D eigenvalue weighted by atomic mass is 9.77. The molecule has 20 heavy (non-hydrogen) atoms. The van der Waals surface area contributed by atoms with Gasteiger partial charge in [0.25, 0.3) is 0 Å². The first-order chi connectivity index (χ1) is 9.27. The van der Waals surface area contributed by atoms with E-state index in [2.05, 4.69) is 12.2 Å². The van der Waals surface area contributed by atoms with Crippen LogP contribution < -0.4 is 5.32 Å². The van der Waals surface area contributed by atoms with Crippen LogP contribution in [0.15, 0.2) is 0 Å². The van der Waals surface area contributed by atoms with E-state index >= 15 is 0 Å². The van der Waals surface area contributed by atoms with Gasteiger partial charge in [0.2, 0.25) is 11.8 Å². The molecule has 1 saturated heterocycles. The number of nitrogens with one attached hydrogen (secondary N) is 1. The Morgan fingerprint density at radius 2 is 1.90 bits per heavy atom. The molecule has 1 aliphatic carbocycles. The molecule has 1 saturated carbocycles. The first-order valence-electron chi connectivity index (χ1n) is 7.90. The minimum atomic E-state index is -0.402. The molecule has 1 N–H and O–H groups in total. The molecule has 0 radical (unpaired) electrons. The van der Waals surface area contributed by atoms with Crippen LogP contribution in [-0.4, -0.2) is 34.8 Å². The number of piperazine rings is 1. The summed E-state index contributed by atoms with van der Waals surface area (Å²) >= 11 is 0. The maximum absolute atomic E-state index is 12.9. The van der Waals surface area contributed by atoms with Crippen LogP contribution in [0.25, 0.3) is 0 Å². The highest BCUT2D eigenvalue weighted by molar-refractivity contribution is 5.97. The highest BCUT2D eigenvalue weighted by Gasteiger charge is 2.47. The third-order valence-corrected chi connectivity index (χ3v) is 4.95. The van der Waals surface area contributed by atoms with Gasteiger partial charge in [0.15, 0.2) is 0 Å². The number of rotatable bonds is 3. The molecule has 1 aliphatic heterocycles. The Bertz CT molecular complexity index is 396. The van der Waals surface area contributed by atoms with Gasteiger partial charge in [-0.05, 0) is 37.5 Å². The Morgan fingerprint density at radius 3 is 2.30 bits per heavy atom. The molecule has 0 bridgehead atoms. The molecule has 2 rings (SSSR count). The van der Waals surface area contributed by atoms with Gasteiger partial charge >= 0.3 is 0 Å². The second-order valence-corrected chi connectivity index (χ2v) is 7.41. The number of hydrogen-bond acceptors (Lipinski definition) is 2. The molecule has 0 aromatic heterocycles. The summed E-state index contributed by atoms with van der Waals surface area (Å²) in [5, 5.41) is 2.94. The van der Waals surface area contributed by atoms with Crippen LogP contribution in [0.2, 0.25) is 0 Å². The summed E-state index contributed by atoms with van der Waals surface area (Å²) < 4.78 is 0. The van der Waals surface area contributed by atoms with Gasteiger partial charge in [0.1, 0.15) is 12.1 Å². The Hall–Kier alpha value is -1.06. The van der Waals surface area contributed by atoms with E-state index in [1.54, 1.807) is 0 Å². The van der Waals surface area contributed by atoms with Crippen LogP contribution in [0.5, 0.6) is 0 Å². The molecule has 0 spiro atoms. The molecular weight excluding hydrogens is 252 g/mol. The third-order valence-electron chi connectivity index (χ3n) is 4.95. The van der Waals surface area contributed by atoms with Crippen LogP contribution in [0.4, 0.5) is 0 Å². The first kappa shape index (κ1) is 15.3. The largest absolute Gasteiger partial charge is 0.342 e. The van der Waals surface area contributed by atoms with Crippen LogP contribution >= 0.6 is 0 Å². The van der Waals surface area contributed by atoms with Crippen molar-refractivity contribution in [2.45, 2.75) is 78.4 Å². The molecule has 0 aromatic carbocycles. The van der Waals surface area contributed by atoms with Crippen LogP contribution in [0.3, 0.4) is 0 Å². The summed E-state index contributed by atoms with van der Waals surface area (Å²) in [6.07, 6.45) is 4.31. The van der Waals surface area contributed by atoms with Crippen molar-refractivity contribution in [2.24, 2.45) is 11.3 Å². The SMILES string of the molecule is CCC1C(=O)NC(C(C)(C)C)C(=O)N1C(C)C1CCC1. The molecule has 2 amide bonds. The number of hydrogen-bond donors (Lipinski definition) is 1. The fourth-order valence-corrected chi connectivity index (χ4v) is 3.33. The van der Waals surface area contributed by atoms with Gasteiger partial charge in [-0.2, -0.15) is 0 Å². The quantitative estimate of drug-likeness (QED) is 0.862. The monoisotopic (exact) mass is 280 g/mol. The zero-order valence-corrected chi connectivity index (χ0v) is 13.4. The highest BCUT2D eigenvalue weighted by Crippen LogP contribution is 2.35. The van der Waals surface area contributed by atoms with E-state index < -0.39 is 6.04 Å². The van der Waals surface area contributed by atoms with Crippen LogP contribution in [-0.2, 0) is 9.59 Å². The van der Waals surface area contributed by atoms with E-state index in [4.69, 9.17) is 0 Å². The Labute approximate surface area is 122 Å². The number of carbonyl (C=O) groups excluding carboxylic acids is 2. The molecule has 4 nitrogen and oxygen atoms in total. The summed E-state index contributed by atoms with van der Waals surface area (Å²) in [5.41, 5.74) is -0.247. The lowest BCUT2D eigenvalue weighted by molar-refractivity contribution is -0.157. The average molecular weight is 280 g/mol. The van der Waals surface area contributed by atoms with E-state index in [0.717, 1.165) is 0 Å². The number of carbonyl (C=O) groups is 2. The van der Waals surface area contributed by atoms with Crippen molar-refractivity contribution in [3.8, 4) is 0 Å². The van der Waals surface area contributed by atoms with E-state index in [-0.39, 0.29) is 29.3 Å². The molecule has 0 aromatic rings. The molecule has 114 valence electrons. The maximum atomic E-state index is 12.9. The molecular formula is C16H28N2O2. The Balaban J connectivity index is 2.27. The fraction of sp³-hybridized carbons (Fsp3) is 0.875. The maximum Gasteiger partial charge on any atom is 0.246 e. The van der Waals surface area contributed by atoms with E-state index in [1.807, 2.05) is 32.6 Å². The van der Waals surface area contributed by atoms with Gasteiger partial charge in [-0.1, -0.05) is 34.1 Å². The third kappa shape index (κ3) is 2.57. The lowest BCUT2D eigenvalue weighted by Crippen LogP contribution is -2.69. The fourth-order valence-electron chi connectivity index (χ4n) is 3.33. The van der Waals surface area contributed by atoms with E-state index in [0.29, 0.717) is 12.3 Å². The van der Waals surface area contributed by atoms with Gasteiger partial charge in [-0.15, -0.1) is 0 Å². The van der Waals surface area contributed by atoms with Crippen LogP contribution in [0.1, 0.15) is 60.3 Å². The molecule has 2 aliphatic rings. The first-order valence-corrected chi connectivity index (χ1v) is 7.90. The Kier molecular flexibility index (Phi) is 4.12. The summed E-state index contributed by atoms with van der Waals surface area (Å²) in [5.74, 6) is 0.682. The van der Waals surface area contributed by atoms with Crippen molar-refractivity contribution in [2.75, 3.05) is 0 Å². The van der Waals surface area contributed by atoms with Crippen molar-refractivity contribution in [3.63, 3.8) is 0 Å². The van der Waals surface area contributed by atoms with Crippen molar-refractivity contribution in [3.05, 3.63) is 0 Å². The normalized spacial score (nSPS) is 29.9. The number of nitrogens with zero attached hydrogens (tertiary/aromatic N) is 1. The van der Waals surface area contributed by atoms with Gasteiger partial charge in [-0.3, -0.25) is 9.59 Å². The van der Waals surface area contributed by atoms with E-state index in [1.165, 1.54) is 19.3 Å². The van der Waals surface area contributed by atoms with Crippen molar-refractivity contribution in [1.82, 2.24) is 10.2 Å². The summed E-state index contributed by atoms with van der Waals surface area (Å²) in [6, 6.07) is -0.519. The number of amides is 2. The molecule has 4 heteroatoms. The highest BCUT2D eigenvalue weighted by atomic mass is 16.2. The predicted molar refractivity (Wildman–Crippen MR) is 79.1 cm³/mol. The second kappa shape index (κ2) is 5.38. The van der Waals surface area contributed by atoms with Crippen molar-refractivity contribution in [1.29, 1.82) is 0 Å². The molecule has 1 heterocycles. The predicted octanol–water partition coefficient (Wildman–Crippen LogP) is 2.33. The minimum Gasteiger partial charge on any atom is -0.342 e. The van der Waals surface area contributed by atoms with E-state index in [9.17, 15) is 9.59 Å². The average Bonchev–Trinajstić information content (AvgIpc) is 2.27. The summed E-state index contributed by atoms with van der Waals surface area (Å²) in [4.78, 5) is 27.1. The zero-order valence-electron chi connectivity index (χ0n) is 13.4. The molecule has 2 fully saturated rings. The lowest BCUT2D eigenvalue weighted by Gasteiger charge is -2.48. The van der Waals surface area contributed by atoms with Gasteiger partial charge in [0, 0.05) is 6.04 Å². The summed E-state index contributed by atoms with van der Waals surface area (Å²) in [6.45, 7) is 10.1. The molecule has 3 atom stereocenters. The van der Waals surface area contributed by atoms with Gasteiger partial charge in [0.05, 0.1) is 0 Å². The minimum absolute atomic E-state index is 0.0122.